The van der Waals surface area contributed by atoms with Crippen molar-refractivity contribution in [3.63, 3.8) is 0 Å². The molecule has 0 spiro atoms. The number of benzene rings is 4. The van der Waals surface area contributed by atoms with Crippen molar-refractivity contribution >= 4 is 33.7 Å². The van der Waals surface area contributed by atoms with E-state index in [4.69, 9.17) is 4.74 Å². The van der Waals surface area contributed by atoms with E-state index in [1.807, 2.05) is 0 Å². The molecule has 188 valence electrons. The first kappa shape index (κ1) is 23.8. The van der Waals surface area contributed by atoms with Crippen LogP contribution in [0.25, 0.3) is 44.3 Å². The molecule has 0 atom stereocenters. The Morgan fingerprint density at radius 3 is 1.31 bits per heavy atom. The largest absolute Gasteiger partial charge is 0.545 e. The number of carbonyl (C=O) groups excluding carboxylic acids is 2. The van der Waals surface area contributed by atoms with Crippen LogP contribution in [0.15, 0.2) is 109 Å². The Morgan fingerprint density at radius 1 is 0.538 bits per heavy atom. The van der Waals surface area contributed by atoms with Gasteiger partial charge in [-0.2, -0.15) is 0 Å². The SMILES string of the molecule is O=C([O-])c1cc(-c2ccc(Oc3ccc(-c4cc(C(=O)[O-])c5ccccc5n4)cc3)cc2)nc2ccccc12. The quantitative estimate of drug-likeness (QED) is 0.321. The van der Waals surface area contributed by atoms with Crippen LogP contribution >= 0.6 is 0 Å². The molecule has 7 nitrogen and oxygen atoms in total. The lowest BCUT2D eigenvalue weighted by Gasteiger charge is -2.12. The lowest BCUT2D eigenvalue weighted by Crippen LogP contribution is -2.22. The number of ether oxygens (including phenoxy) is 1. The molecule has 0 N–H and O–H groups in total. The van der Waals surface area contributed by atoms with Crippen LogP contribution in [-0.4, -0.2) is 21.9 Å². The maximum atomic E-state index is 11.7. The minimum Gasteiger partial charge on any atom is -0.545 e. The van der Waals surface area contributed by atoms with Gasteiger partial charge < -0.3 is 24.5 Å². The Bertz CT molecular complexity index is 1740. The highest BCUT2D eigenvalue weighted by Gasteiger charge is 2.10. The van der Waals surface area contributed by atoms with Gasteiger partial charge in [-0.3, -0.25) is 0 Å². The van der Waals surface area contributed by atoms with Gasteiger partial charge >= 0.3 is 0 Å². The van der Waals surface area contributed by atoms with Gasteiger partial charge in [-0.05, 0) is 72.8 Å². The minimum atomic E-state index is -1.26. The van der Waals surface area contributed by atoms with Gasteiger partial charge in [-0.25, -0.2) is 9.97 Å². The molecule has 4 aromatic carbocycles. The summed E-state index contributed by atoms with van der Waals surface area (Å²) in [4.78, 5) is 32.6. The van der Waals surface area contributed by atoms with E-state index >= 15 is 0 Å². The molecule has 0 aliphatic carbocycles. The van der Waals surface area contributed by atoms with E-state index in [2.05, 4.69) is 9.97 Å². The van der Waals surface area contributed by atoms with Crippen molar-refractivity contribution in [2.24, 2.45) is 0 Å². The summed E-state index contributed by atoms with van der Waals surface area (Å²) < 4.78 is 5.98. The van der Waals surface area contributed by atoms with E-state index in [1.165, 1.54) is 12.1 Å². The Kier molecular flexibility index (Phi) is 5.93. The smallest absolute Gasteiger partial charge is 0.127 e. The van der Waals surface area contributed by atoms with Crippen molar-refractivity contribution < 1.29 is 24.5 Å². The fraction of sp³-hybridized carbons (Fsp3) is 0. The number of pyridine rings is 2. The summed E-state index contributed by atoms with van der Waals surface area (Å²) in [6, 6.07) is 31.4. The Morgan fingerprint density at radius 2 is 0.923 bits per heavy atom. The molecule has 0 unspecified atom stereocenters. The summed E-state index contributed by atoms with van der Waals surface area (Å²) in [6.45, 7) is 0. The first-order chi connectivity index (χ1) is 19.0. The van der Waals surface area contributed by atoms with Crippen LogP contribution in [0.4, 0.5) is 0 Å². The number of carboxylic acid groups (broad SMARTS) is 2. The van der Waals surface area contributed by atoms with Crippen LogP contribution in [0.3, 0.4) is 0 Å². The fourth-order valence-corrected chi connectivity index (χ4v) is 4.51. The zero-order valence-corrected chi connectivity index (χ0v) is 20.3. The number of nitrogens with zero attached hydrogens (tertiary/aromatic N) is 2. The summed E-state index contributed by atoms with van der Waals surface area (Å²) >= 11 is 0. The number of carbonyl (C=O) groups is 2. The van der Waals surface area contributed by atoms with E-state index in [0.717, 1.165) is 11.1 Å². The van der Waals surface area contributed by atoms with E-state index in [0.29, 0.717) is 44.7 Å². The number of fused-ring (bicyclic) bond motifs is 2. The second-order valence-corrected chi connectivity index (χ2v) is 8.87. The summed E-state index contributed by atoms with van der Waals surface area (Å²) in [5.41, 5.74) is 3.82. The fourth-order valence-electron chi connectivity index (χ4n) is 4.51. The molecule has 7 heteroatoms. The van der Waals surface area contributed by atoms with Gasteiger partial charge in [0.2, 0.25) is 0 Å². The van der Waals surface area contributed by atoms with Crippen LogP contribution in [0.5, 0.6) is 11.5 Å². The average molecular weight is 511 g/mol. The molecule has 0 radical (unpaired) electrons. The predicted molar refractivity (Wildman–Crippen MR) is 143 cm³/mol. The molecule has 2 aromatic heterocycles. The van der Waals surface area contributed by atoms with Crippen molar-refractivity contribution in [3.05, 3.63) is 120 Å². The van der Waals surface area contributed by atoms with Crippen molar-refractivity contribution in [1.82, 2.24) is 9.97 Å². The van der Waals surface area contributed by atoms with Crippen molar-refractivity contribution in [3.8, 4) is 34.0 Å². The lowest BCUT2D eigenvalue weighted by molar-refractivity contribution is -0.255. The summed E-state index contributed by atoms with van der Waals surface area (Å²) in [7, 11) is 0. The Balaban J connectivity index is 1.24. The van der Waals surface area contributed by atoms with Crippen LogP contribution in [0.1, 0.15) is 20.7 Å². The van der Waals surface area contributed by atoms with E-state index in [-0.39, 0.29) is 11.1 Å². The van der Waals surface area contributed by atoms with Gasteiger partial charge in [-0.1, -0.05) is 36.4 Å². The van der Waals surface area contributed by atoms with E-state index < -0.39 is 11.9 Å². The molecule has 6 rings (SSSR count). The van der Waals surface area contributed by atoms with Gasteiger partial charge in [0.1, 0.15) is 11.5 Å². The first-order valence-corrected chi connectivity index (χ1v) is 12.1. The van der Waals surface area contributed by atoms with Crippen LogP contribution in [0.2, 0.25) is 0 Å². The van der Waals surface area contributed by atoms with Gasteiger partial charge in [0.15, 0.2) is 0 Å². The second-order valence-electron chi connectivity index (χ2n) is 8.87. The number of para-hydroxylation sites is 2. The van der Waals surface area contributed by atoms with Crippen molar-refractivity contribution in [1.29, 1.82) is 0 Å². The van der Waals surface area contributed by atoms with Crippen molar-refractivity contribution in [2.45, 2.75) is 0 Å². The second kappa shape index (κ2) is 9.72. The molecule has 39 heavy (non-hydrogen) atoms. The molecule has 0 fully saturated rings. The van der Waals surface area contributed by atoms with Crippen molar-refractivity contribution in [2.75, 3.05) is 0 Å². The third kappa shape index (κ3) is 4.65. The molecule has 0 saturated carbocycles. The molecular weight excluding hydrogens is 492 g/mol. The maximum absolute atomic E-state index is 11.7. The lowest BCUT2D eigenvalue weighted by atomic mass is 10.0. The first-order valence-electron chi connectivity index (χ1n) is 12.1. The van der Waals surface area contributed by atoms with Gasteiger partial charge in [0.05, 0.1) is 34.4 Å². The van der Waals surface area contributed by atoms with Crippen LogP contribution in [0, 0.1) is 0 Å². The molecule has 0 bridgehead atoms. The Hall–Kier alpha value is -5.56. The predicted octanol–water partition coefficient (Wildman–Crippen LogP) is 4.64. The summed E-state index contributed by atoms with van der Waals surface area (Å²) in [5.74, 6) is -1.35. The van der Waals surface area contributed by atoms with Crippen LogP contribution in [-0.2, 0) is 0 Å². The normalized spacial score (nSPS) is 11.0. The highest BCUT2D eigenvalue weighted by atomic mass is 16.5. The molecule has 0 aliphatic heterocycles. The average Bonchev–Trinajstić information content (AvgIpc) is 2.96. The third-order valence-corrected chi connectivity index (χ3v) is 6.41. The highest BCUT2D eigenvalue weighted by molar-refractivity contribution is 6.03. The number of carboxylic acids is 2. The zero-order valence-electron chi connectivity index (χ0n) is 20.3. The van der Waals surface area contributed by atoms with Crippen LogP contribution < -0.4 is 14.9 Å². The van der Waals surface area contributed by atoms with Gasteiger partial charge in [-0.15, -0.1) is 0 Å². The molecule has 0 amide bonds. The molecule has 0 aliphatic rings. The Labute approximate surface area is 222 Å². The molecule has 2 heterocycles. The summed E-state index contributed by atoms with van der Waals surface area (Å²) in [6.07, 6.45) is 0. The number of rotatable bonds is 6. The molecule has 0 saturated heterocycles. The monoisotopic (exact) mass is 510 g/mol. The number of aromatic nitrogens is 2. The zero-order chi connectivity index (χ0) is 26.9. The van der Waals surface area contributed by atoms with E-state index in [9.17, 15) is 19.8 Å². The van der Waals surface area contributed by atoms with Gasteiger partial charge in [0, 0.05) is 33.0 Å². The molecule has 6 aromatic rings. The highest BCUT2D eigenvalue weighted by Crippen LogP contribution is 2.30. The molecular formula is C32H18N2O5-2. The van der Waals surface area contributed by atoms with Gasteiger partial charge in [0.25, 0.3) is 0 Å². The topological polar surface area (TPSA) is 115 Å². The number of hydrogen-bond acceptors (Lipinski definition) is 7. The number of hydrogen-bond donors (Lipinski definition) is 0. The third-order valence-electron chi connectivity index (χ3n) is 6.41. The van der Waals surface area contributed by atoms with E-state index in [1.54, 1.807) is 97.1 Å². The minimum absolute atomic E-state index is 0.0867. The standard InChI is InChI=1S/C32H20N2O5/c35-31(36)25-17-29(33-27-7-3-1-5-23(25)27)19-9-13-21(14-10-19)39-22-15-11-20(12-16-22)30-18-26(32(37)38)24-6-2-4-8-28(24)34-30/h1-18H,(H,35,36)(H,37,38)/p-2. The summed E-state index contributed by atoms with van der Waals surface area (Å²) in [5, 5.41) is 24.4. The maximum Gasteiger partial charge on any atom is 0.127 e. The number of aromatic carboxylic acids is 2.